The van der Waals surface area contributed by atoms with Crippen molar-refractivity contribution in [3.05, 3.63) is 0 Å². The normalized spacial score (nSPS) is 17.0. The molecule has 3 N–H and O–H groups in total. The number of aliphatic hydroxyl groups is 1. The zero-order chi connectivity index (χ0) is 11.4. The zero-order valence-corrected chi connectivity index (χ0v) is 9.79. The van der Waals surface area contributed by atoms with Crippen molar-refractivity contribution >= 4 is 10.0 Å². The van der Waals surface area contributed by atoms with Gasteiger partial charge >= 0.3 is 0 Å². The molecule has 0 spiro atoms. The van der Waals surface area contributed by atoms with E-state index in [9.17, 15) is 8.42 Å². The van der Waals surface area contributed by atoms with Crippen molar-refractivity contribution in [1.29, 1.82) is 0 Å². The van der Waals surface area contributed by atoms with Crippen LogP contribution in [0, 0.1) is 0 Å². The molecule has 2 unspecified atom stereocenters. The van der Waals surface area contributed by atoms with Gasteiger partial charge in [-0.2, -0.15) is 4.31 Å². The molecule has 0 heterocycles. The van der Waals surface area contributed by atoms with Crippen LogP contribution in [0.1, 0.15) is 20.3 Å². The van der Waals surface area contributed by atoms with Gasteiger partial charge in [-0.3, -0.25) is 0 Å². The first-order chi connectivity index (χ1) is 6.41. The van der Waals surface area contributed by atoms with Gasteiger partial charge in [0, 0.05) is 19.6 Å². The first-order valence-electron chi connectivity index (χ1n) is 4.69. The Morgan fingerprint density at radius 1 is 1.50 bits per heavy atom. The zero-order valence-electron chi connectivity index (χ0n) is 8.97. The van der Waals surface area contributed by atoms with Crippen molar-refractivity contribution in [3.8, 4) is 0 Å². The Labute approximate surface area is 85.9 Å². The fourth-order valence-electron chi connectivity index (χ4n) is 1.10. The molecule has 2 atom stereocenters. The minimum absolute atomic E-state index is 0.112. The van der Waals surface area contributed by atoms with Gasteiger partial charge in [-0.15, -0.1) is 0 Å². The van der Waals surface area contributed by atoms with Crippen molar-refractivity contribution in [2.24, 2.45) is 5.73 Å². The van der Waals surface area contributed by atoms with E-state index in [1.54, 1.807) is 13.8 Å². The highest BCUT2D eigenvalue weighted by atomic mass is 32.2. The third-order valence-electron chi connectivity index (χ3n) is 2.43. The molecule has 0 aromatic carbocycles. The number of aliphatic hydroxyl groups excluding tert-OH is 1. The lowest BCUT2D eigenvalue weighted by Crippen LogP contribution is -2.45. The molecule has 86 valence electrons. The summed E-state index contributed by atoms with van der Waals surface area (Å²) >= 11 is 0. The van der Waals surface area contributed by atoms with Gasteiger partial charge < -0.3 is 10.8 Å². The fourth-order valence-corrected chi connectivity index (χ4v) is 2.80. The molecule has 14 heavy (non-hydrogen) atoms. The van der Waals surface area contributed by atoms with Crippen LogP contribution in [0.25, 0.3) is 0 Å². The summed E-state index contributed by atoms with van der Waals surface area (Å²) in [6.07, 6.45) is 0.487. The monoisotopic (exact) mass is 224 g/mol. The fraction of sp³-hybridized carbons (Fsp3) is 1.00. The van der Waals surface area contributed by atoms with E-state index in [2.05, 4.69) is 0 Å². The lowest BCUT2D eigenvalue weighted by molar-refractivity contribution is 0.213. The SMILES string of the molecule is CCC(CN)S(=O)(=O)N(C)C(C)CO. The molecular weight excluding hydrogens is 204 g/mol. The maximum atomic E-state index is 11.8. The number of likely N-dealkylation sites (N-methyl/N-ethyl adjacent to an activating group) is 1. The van der Waals surface area contributed by atoms with Gasteiger partial charge in [0.05, 0.1) is 11.9 Å². The van der Waals surface area contributed by atoms with Gasteiger partial charge in [-0.25, -0.2) is 8.42 Å². The van der Waals surface area contributed by atoms with Crippen molar-refractivity contribution in [3.63, 3.8) is 0 Å². The van der Waals surface area contributed by atoms with Gasteiger partial charge in [0.2, 0.25) is 10.0 Å². The molecule has 5 nitrogen and oxygen atoms in total. The lowest BCUT2D eigenvalue weighted by atomic mass is 10.3. The average Bonchev–Trinajstić information content (AvgIpc) is 2.16. The summed E-state index contributed by atoms with van der Waals surface area (Å²) in [5.74, 6) is 0. The summed E-state index contributed by atoms with van der Waals surface area (Å²) < 4.78 is 24.8. The topological polar surface area (TPSA) is 83.6 Å². The molecule has 0 aliphatic heterocycles. The molecule has 6 heteroatoms. The Bertz CT molecular complexity index is 249. The number of hydrogen-bond donors (Lipinski definition) is 2. The number of rotatable bonds is 6. The predicted octanol–water partition coefficient (Wildman–Crippen LogP) is -0.634. The maximum Gasteiger partial charge on any atom is 0.218 e. The molecule has 0 aliphatic carbocycles. The second kappa shape index (κ2) is 5.65. The van der Waals surface area contributed by atoms with Crippen molar-refractivity contribution in [1.82, 2.24) is 4.31 Å². The predicted molar refractivity (Wildman–Crippen MR) is 56.4 cm³/mol. The number of sulfonamides is 1. The molecular formula is C8H20N2O3S. The third-order valence-corrected chi connectivity index (χ3v) is 4.96. The summed E-state index contributed by atoms with van der Waals surface area (Å²) in [7, 11) is -1.90. The summed E-state index contributed by atoms with van der Waals surface area (Å²) in [5.41, 5.74) is 5.38. The first kappa shape index (κ1) is 13.8. The number of nitrogens with two attached hydrogens (primary N) is 1. The van der Waals surface area contributed by atoms with Gasteiger partial charge in [0.15, 0.2) is 0 Å². The highest BCUT2D eigenvalue weighted by molar-refractivity contribution is 7.89. The minimum Gasteiger partial charge on any atom is -0.395 e. The molecule has 0 radical (unpaired) electrons. The third kappa shape index (κ3) is 2.91. The summed E-state index contributed by atoms with van der Waals surface area (Å²) in [5, 5.41) is 8.30. The second-order valence-corrected chi connectivity index (χ2v) is 5.63. The van der Waals surface area contributed by atoms with Crippen molar-refractivity contribution < 1.29 is 13.5 Å². The van der Waals surface area contributed by atoms with Gasteiger partial charge in [0.25, 0.3) is 0 Å². The van der Waals surface area contributed by atoms with E-state index in [0.717, 1.165) is 0 Å². The van der Waals surface area contributed by atoms with E-state index in [0.29, 0.717) is 6.42 Å². The number of hydrogen-bond acceptors (Lipinski definition) is 4. The van der Waals surface area contributed by atoms with Crippen LogP contribution in [0.15, 0.2) is 0 Å². The van der Waals surface area contributed by atoms with Crippen molar-refractivity contribution in [2.45, 2.75) is 31.6 Å². The maximum absolute atomic E-state index is 11.8. The largest absolute Gasteiger partial charge is 0.395 e. The van der Waals surface area contributed by atoms with Crippen LogP contribution in [-0.2, 0) is 10.0 Å². The highest BCUT2D eigenvalue weighted by Gasteiger charge is 2.29. The molecule has 0 amide bonds. The van der Waals surface area contributed by atoms with E-state index in [-0.39, 0.29) is 13.2 Å². The molecule has 0 aliphatic rings. The molecule has 0 aromatic rings. The van der Waals surface area contributed by atoms with E-state index >= 15 is 0 Å². The van der Waals surface area contributed by atoms with Crippen LogP contribution in [-0.4, -0.2) is 49.3 Å². The molecule has 0 fully saturated rings. The van der Waals surface area contributed by atoms with Crippen LogP contribution >= 0.6 is 0 Å². The van der Waals surface area contributed by atoms with Gasteiger partial charge in [-0.1, -0.05) is 6.92 Å². The number of nitrogens with zero attached hydrogens (tertiary/aromatic N) is 1. The van der Waals surface area contributed by atoms with E-state index in [1.165, 1.54) is 11.4 Å². The quantitative estimate of drug-likeness (QED) is 0.629. The average molecular weight is 224 g/mol. The van der Waals surface area contributed by atoms with Crippen molar-refractivity contribution in [2.75, 3.05) is 20.2 Å². The standard InChI is InChI=1S/C8H20N2O3S/c1-4-8(5-9)14(12,13)10(3)7(2)6-11/h7-8,11H,4-6,9H2,1-3H3. The highest BCUT2D eigenvalue weighted by Crippen LogP contribution is 2.12. The minimum atomic E-state index is -3.36. The van der Waals surface area contributed by atoms with Crippen LogP contribution in [0.2, 0.25) is 0 Å². The summed E-state index contributed by atoms with van der Waals surface area (Å²) in [6.45, 7) is 3.37. The Morgan fingerprint density at radius 2 is 2.00 bits per heavy atom. The Morgan fingerprint density at radius 3 is 2.29 bits per heavy atom. The Balaban J connectivity index is 4.76. The lowest BCUT2D eigenvalue weighted by Gasteiger charge is -2.26. The van der Waals surface area contributed by atoms with E-state index < -0.39 is 21.3 Å². The summed E-state index contributed by atoms with van der Waals surface area (Å²) in [6, 6.07) is -0.402. The smallest absolute Gasteiger partial charge is 0.218 e. The van der Waals surface area contributed by atoms with Crippen LogP contribution in [0.5, 0.6) is 0 Å². The Kier molecular flexibility index (Phi) is 5.58. The van der Waals surface area contributed by atoms with Crippen LogP contribution in [0.3, 0.4) is 0 Å². The van der Waals surface area contributed by atoms with Crippen LogP contribution in [0.4, 0.5) is 0 Å². The van der Waals surface area contributed by atoms with Crippen LogP contribution < -0.4 is 5.73 Å². The van der Waals surface area contributed by atoms with Gasteiger partial charge in [0.1, 0.15) is 0 Å². The Hall–Kier alpha value is -0.170. The molecule has 0 saturated heterocycles. The molecule has 0 saturated carbocycles. The molecule has 0 aromatic heterocycles. The first-order valence-corrected chi connectivity index (χ1v) is 6.19. The molecule has 0 bridgehead atoms. The molecule has 0 rings (SSSR count). The van der Waals surface area contributed by atoms with E-state index in [1.807, 2.05) is 0 Å². The summed E-state index contributed by atoms with van der Waals surface area (Å²) in [4.78, 5) is 0. The van der Waals surface area contributed by atoms with Gasteiger partial charge in [-0.05, 0) is 13.3 Å². The second-order valence-electron chi connectivity index (χ2n) is 3.36. The van der Waals surface area contributed by atoms with E-state index in [4.69, 9.17) is 10.8 Å².